The van der Waals surface area contributed by atoms with E-state index in [-0.39, 0.29) is 12.7 Å². The lowest BCUT2D eigenvalue weighted by Gasteiger charge is -2.26. The summed E-state index contributed by atoms with van der Waals surface area (Å²) in [5.41, 5.74) is 3.30. The fourth-order valence-electron chi connectivity index (χ4n) is 4.59. The quantitative estimate of drug-likeness (QED) is 0.587. The second-order valence-corrected chi connectivity index (χ2v) is 8.48. The Labute approximate surface area is 183 Å². The van der Waals surface area contributed by atoms with E-state index >= 15 is 0 Å². The van der Waals surface area contributed by atoms with Gasteiger partial charge in [-0.25, -0.2) is 0 Å². The van der Waals surface area contributed by atoms with Gasteiger partial charge >= 0.3 is 0 Å². The molecular weight excluding hydrogens is 390 g/mol. The zero-order valence-electron chi connectivity index (χ0n) is 18.0. The van der Waals surface area contributed by atoms with E-state index in [2.05, 4.69) is 46.8 Å². The molecule has 0 aliphatic carbocycles. The minimum Gasteiger partial charge on any atom is -0.454 e. The lowest BCUT2D eigenvalue weighted by molar-refractivity contribution is -0.131. The molecule has 0 bridgehead atoms. The molecule has 1 fully saturated rings. The number of aromatic nitrogens is 1. The van der Waals surface area contributed by atoms with Gasteiger partial charge in [0.15, 0.2) is 11.5 Å². The minimum absolute atomic E-state index is 0.142. The molecule has 2 aromatic carbocycles. The fourth-order valence-corrected chi connectivity index (χ4v) is 4.59. The molecular formula is C25H29N3O3. The average molecular weight is 420 g/mol. The summed E-state index contributed by atoms with van der Waals surface area (Å²) in [4.78, 5) is 17.8. The van der Waals surface area contributed by atoms with Gasteiger partial charge in [-0.05, 0) is 61.1 Å². The van der Waals surface area contributed by atoms with Crippen LogP contribution in [0.3, 0.4) is 0 Å². The second-order valence-electron chi connectivity index (χ2n) is 8.48. The Balaban J connectivity index is 1.34. The largest absolute Gasteiger partial charge is 0.454 e. The predicted molar refractivity (Wildman–Crippen MR) is 120 cm³/mol. The van der Waals surface area contributed by atoms with E-state index in [1.165, 1.54) is 23.7 Å². The van der Waals surface area contributed by atoms with Crippen molar-refractivity contribution in [2.24, 2.45) is 7.05 Å². The minimum atomic E-state index is 0.142. The molecule has 0 N–H and O–H groups in total. The number of amides is 1. The number of para-hydroxylation sites is 1. The number of aryl methyl sites for hydroxylation is 1. The topological polar surface area (TPSA) is 46.9 Å². The Morgan fingerprint density at radius 2 is 1.84 bits per heavy atom. The van der Waals surface area contributed by atoms with Gasteiger partial charge in [0.25, 0.3) is 0 Å². The van der Waals surface area contributed by atoms with Crippen LogP contribution in [0.1, 0.15) is 24.1 Å². The maximum absolute atomic E-state index is 13.4. The van der Waals surface area contributed by atoms with Crippen LogP contribution in [0, 0.1) is 0 Å². The monoisotopic (exact) mass is 419 g/mol. The summed E-state index contributed by atoms with van der Waals surface area (Å²) in [5, 5.41) is 1.21. The highest BCUT2D eigenvalue weighted by Crippen LogP contribution is 2.32. The van der Waals surface area contributed by atoms with Gasteiger partial charge in [0.2, 0.25) is 12.7 Å². The van der Waals surface area contributed by atoms with Crippen molar-refractivity contribution in [3.8, 4) is 11.5 Å². The van der Waals surface area contributed by atoms with Crippen LogP contribution < -0.4 is 9.47 Å². The Morgan fingerprint density at radius 1 is 1.03 bits per heavy atom. The van der Waals surface area contributed by atoms with Crippen molar-refractivity contribution in [3.63, 3.8) is 0 Å². The van der Waals surface area contributed by atoms with Crippen molar-refractivity contribution in [1.82, 2.24) is 14.4 Å². The Kier molecular flexibility index (Phi) is 5.55. The van der Waals surface area contributed by atoms with Crippen molar-refractivity contribution in [2.45, 2.75) is 25.8 Å². The number of hydrogen-bond donors (Lipinski definition) is 0. The first-order chi connectivity index (χ1) is 15.2. The number of nitrogens with zero attached hydrogens (tertiary/aromatic N) is 3. The van der Waals surface area contributed by atoms with Crippen LogP contribution in [0.5, 0.6) is 11.5 Å². The zero-order chi connectivity index (χ0) is 21.2. The molecule has 0 atom stereocenters. The summed E-state index contributed by atoms with van der Waals surface area (Å²) in [6, 6.07) is 16.3. The number of ether oxygens (including phenoxy) is 2. The molecule has 2 aliphatic heterocycles. The third-order valence-electron chi connectivity index (χ3n) is 6.43. The van der Waals surface area contributed by atoms with Gasteiger partial charge in [0.1, 0.15) is 0 Å². The van der Waals surface area contributed by atoms with E-state index in [4.69, 9.17) is 9.47 Å². The van der Waals surface area contributed by atoms with Gasteiger partial charge in [-0.1, -0.05) is 24.3 Å². The molecule has 3 heterocycles. The fraction of sp³-hybridized carbons (Fsp3) is 0.400. The van der Waals surface area contributed by atoms with Crippen molar-refractivity contribution in [2.75, 3.05) is 33.0 Å². The van der Waals surface area contributed by atoms with E-state index in [1.54, 1.807) is 0 Å². The molecule has 31 heavy (non-hydrogen) atoms. The van der Waals surface area contributed by atoms with E-state index in [0.717, 1.165) is 48.9 Å². The smallest absolute Gasteiger partial charge is 0.231 e. The van der Waals surface area contributed by atoms with E-state index in [9.17, 15) is 4.79 Å². The molecule has 1 saturated heterocycles. The molecule has 6 heteroatoms. The number of fused-ring (bicyclic) bond motifs is 2. The van der Waals surface area contributed by atoms with Crippen molar-refractivity contribution in [3.05, 3.63) is 59.8 Å². The summed E-state index contributed by atoms with van der Waals surface area (Å²) in [6.07, 6.45) is 2.88. The molecule has 3 aromatic rings. The van der Waals surface area contributed by atoms with Crippen LogP contribution in [-0.4, -0.2) is 53.2 Å². The first-order valence-corrected chi connectivity index (χ1v) is 11.1. The molecule has 0 spiro atoms. The summed E-state index contributed by atoms with van der Waals surface area (Å²) < 4.78 is 13.1. The van der Waals surface area contributed by atoms with Crippen LogP contribution in [0.4, 0.5) is 0 Å². The highest BCUT2D eigenvalue weighted by atomic mass is 16.7. The number of rotatable bonds is 7. The SMILES string of the molecule is Cn1c(CN(CCN2CCCC2)C(=O)Cc2ccc3c(c2)OCO3)cc2ccccc21. The molecule has 162 valence electrons. The maximum Gasteiger partial charge on any atom is 0.231 e. The van der Waals surface area contributed by atoms with Crippen LogP contribution in [0.2, 0.25) is 0 Å². The number of hydrogen-bond acceptors (Lipinski definition) is 4. The second kappa shape index (κ2) is 8.63. The molecule has 0 unspecified atom stereocenters. The summed E-state index contributed by atoms with van der Waals surface area (Å²) in [7, 11) is 2.08. The standard InChI is InChI=1S/C25H29N3O3/c1-26-21(16-20-6-2-3-7-22(20)26)17-28(13-12-27-10-4-5-11-27)25(29)15-19-8-9-23-24(14-19)31-18-30-23/h2-3,6-9,14,16H,4-5,10-13,15,17-18H2,1H3. The van der Waals surface area contributed by atoms with E-state index in [0.29, 0.717) is 13.0 Å². The maximum atomic E-state index is 13.4. The number of carbonyl (C=O) groups excluding carboxylic acids is 1. The molecule has 5 rings (SSSR count). The summed E-state index contributed by atoms with van der Waals surface area (Å²) in [5.74, 6) is 1.61. The predicted octanol–water partition coefficient (Wildman–Crippen LogP) is 3.57. The first-order valence-electron chi connectivity index (χ1n) is 11.1. The van der Waals surface area contributed by atoms with Crippen LogP contribution in [0.25, 0.3) is 10.9 Å². The van der Waals surface area contributed by atoms with Crippen LogP contribution >= 0.6 is 0 Å². The third kappa shape index (κ3) is 4.26. The highest BCUT2D eigenvalue weighted by Gasteiger charge is 2.21. The van der Waals surface area contributed by atoms with Crippen molar-refractivity contribution < 1.29 is 14.3 Å². The van der Waals surface area contributed by atoms with Crippen LogP contribution in [-0.2, 0) is 24.8 Å². The third-order valence-corrected chi connectivity index (χ3v) is 6.43. The van der Waals surface area contributed by atoms with Gasteiger partial charge < -0.3 is 23.8 Å². The van der Waals surface area contributed by atoms with Gasteiger partial charge in [-0.3, -0.25) is 4.79 Å². The highest BCUT2D eigenvalue weighted by molar-refractivity contribution is 5.82. The molecule has 1 amide bonds. The van der Waals surface area contributed by atoms with Crippen molar-refractivity contribution in [1.29, 1.82) is 0 Å². The number of benzene rings is 2. The lowest BCUT2D eigenvalue weighted by Crippen LogP contribution is -2.38. The summed E-state index contributed by atoms with van der Waals surface area (Å²) >= 11 is 0. The Hall–Kier alpha value is -2.99. The van der Waals surface area contributed by atoms with Gasteiger partial charge in [-0.2, -0.15) is 0 Å². The van der Waals surface area contributed by atoms with E-state index in [1.807, 2.05) is 23.1 Å². The van der Waals surface area contributed by atoms with Gasteiger partial charge in [0.05, 0.1) is 13.0 Å². The van der Waals surface area contributed by atoms with E-state index < -0.39 is 0 Å². The average Bonchev–Trinajstić information content (AvgIpc) is 3.52. The zero-order valence-corrected chi connectivity index (χ0v) is 18.0. The normalized spacial score (nSPS) is 15.6. The molecule has 1 aromatic heterocycles. The summed E-state index contributed by atoms with van der Waals surface area (Å²) in [6.45, 7) is 4.80. The molecule has 6 nitrogen and oxygen atoms in total. The van der Waals surface area contributed by atoms with Gasteiger partial charge in [0, 0.05) is 31.3 Å². The first kappa shape index (κ1) is 19.9. The molecule has 0 saturated carbocycles. The van der Waals surface area contributed by atoms with Crippen LogP contribution in [0.15, 0.2) is 48.5 Å². The molecule has 2 aliphatic rings. The number of carbonyl (C=O) groups is 1. The molecule has 0 radical (unpaired) electrons. The Morgan fingerprint density at radius 3 is 2.68 bits per heavy atom. The number of likely N-dealkylation sites (tertiary alicyclic amines) is 1. The lowest BCUT2D eigenvalue weighted by atomic mass is 10.1. The Bertz CT molecular complexity index is 1080. The van der Waals surface area contributed by atoms with Gasteiger partial charge in [-0.15, -0.1) is 0 Å². The van der Waals surface area contributed by atoms with Crippen molar-refractivity contribution >= 4 is 16.8 Å².